The molecule has 84 valence electrons. The number of primary sulfonamides is 1. The Balaban J connectivity index is 3.65. The van der Waals surface area contributed by atoms with Gasteiger partial charge in [-0.1, -0.05) is 18.5 Å². The van der Waals surface area contributed by atoms with Gasteiger partial charge in [-0.05, 0) is 18.1 Å². The summed E-state index contributed by atoms with van der Waals surface area (Å²) in [6, 6.07) is 1.39. The van der Waals surface area contributed by atoms with E-state index in [1.54, 1.807) is 6.92 Å². The topological polar surface area (TPSA) is 106 Å². The zero-order valence-corrected chi connectivity index (χ0v) is 9.56. The van der Waals surface area contributed by atoms with Gasteiger partial charge in [-0.3, -0.25) is 0 Å². The molecule has 0 aliphatic carbocycles. The van der Waals surface area contributed by atoms with Crippen LogP contribution in [0.25, 0.3) is 0 Å². The third-order valence-corrected chi connectivity index (χ3v) is 3.39. The smallest absolute Gasteiger partial charge is 0.243 e. The van der Waals surface area contributed by atoms with Gasteiger partial charge in [-0.15, -0.1) is 0 Å². The van der Waals surface area contributed by atoms with E-state index in [4.69, 9.17) is 22.5 Å². The van der Waals surface area contributed by atoms with Gasteiger partial charge in [0.1, 0.15) is 4.90 Å². The maximum Gasteiger partial charge on any atom is 0.243 e. The number of benzene rings is 1. The number of nitrogen functional groups attached to an aromatic ring is 1. The van der Waals surface area contributed by atoms with Crippen LogP contribution in [0.3, 0.4) is 0 Å². The van der Waals surface area contributed by atoms with Gasteiger partial charge in [-0.25, -0.2) is 13.6 Å². The van der Waals surface area contributed by atoms with Crippen molar-refractivity contribution in [3.8, 4) is 5.75 Å². The van der Waals surface area contributed by atoms with Crippen LogP contribution in [-0.4, -0.2) is 13.5 Å². The van der Waals surface area contributed by atoms with Crippen LogP contribution in [0, 0.1) is 0 Å². The Bertz CT molecular complexity index is 499. The van der Waals surface area contributed by atoms with Gasteiger partial charge in [0.25, 0.3) is 0 Å². The first-order valence-electron chi connectivity index (χ1n) is 4.11. The number of aromatic hydroxyl groups is 1. The van der Waals surface area contributed by atoms with Crippen LogP contribution in [0.4, 0.5) is 5.69 Å². The predicted octanol–water partition coefficient (Wildman–Crippen LogP) is 0.838. The molecule has 0 atom stereocenters. The monoisotopic (exact) mass is 250 g/mol. The molecule has 5 N–H and O–H groups in total. The molecule has 0 saturated carbocycles. The summed E-state index contributed by atoms with van der Waals surface area (Å²) in [5, 5.41) is 14.3. The summed E-state index contributed by atoms with van der Waals surface area (Å²) in [6.45, 7) is 1.80. The molecule has 0 saturated heterocycles. The highest BCUT2D eigenvalue weighted by Gasteiger charge is 2.22. The molecule has 7 heteroatoms. The Morgan fingerprint density at radius 2 is 2.07 bits per heavy atom. The first kappa shape index (κ1) is 12.1. The largest absolute Gasteiger partial charge is 0.504 e. The van der Waals surface area contributed by atoms with Crippen LogP contribution in [-0.2, 0) is 16.4 Å². The van der Waals surface area contributed by atoms with Gasteiger partial charge in [0.2, 0.25) is 10.0 Å². The van der Waals surface area contributed by atoms with Gasteiger partial charge < -0.3 is 10.8 Å². The van der Waals surface area contributed by atoms with Gasteiger partial charge in [0, 0.05) is 0 Å². The van der Waals surface area contributed by atoms with Crippen LogP contribution < -0.4 is 10.9 Å². The minimum Gasteiger partial charge on any atom is -0.504 e. The predicted molar refractivity (Wildman–Crippen MR) is 58.3 cm³/mol. The molecule has 15 heavy (non-hydrogen) atoms. The normalized spacial score (nSPS) is 11.7. The molecule has 0 bridgehead atoms. The van der Waals surface area contributed by atoms with E-state index >= 15 is 0 Å². The molecule has 1 aromatic rings. The Morgan fingerprint density at radius 3 is 2.47 bits per heavy atom. The second-order valence-corrected chi connectivity index (χ2v) is 4.91. The lowest BCUT2D eigenvalue weighted by Gasteiger charge is -2.11. The van der Waals surface area contributed by atoms with Crippen molar-refractivity contribution < 1.29 is 13.5 Å². The molecule has 0 radical (unpaired) electrons. The lowest BCUT2D eigenvalue weighted by atomic mass is 10.1. The van der Waals surface area contributed by atoms with Gasteiger partial charge >= 0.3 is 0 Å². The summed E-state index contributed by atoms with van der Waals surface area (Å²) in [4.78, 5) is -0.529. The third-order valence-electron chi connectivity index (χ3n) is 2.00. The summed E-state index contributed by atoms with van der Waals surface area (Å²) in [6.07, 6.45) is 0.532. The van der Waals surface area contributed by atoms with Crippen molar-refractivity contribution >= 4 is 27.3 Å². The summed E-state index contributed by atoms with van der Waals surface area (Å²) >= 11 is 5.70. The minimum absolute atomic E-state index is 0.00840. The number of sulfonamides is 1. The summed E-state index contributed by atoms with van der Waals surface area (Å²) in [7, 11) is -4.07. The Morgan fingerprint density at radius 1 is 1.53 bits per heavy atom. The van der Waals surface area contributed by atoms with E-state index in [9.17, 15) is 13.5 Å². The number of phenolic OH excluding ortho intramolecular Hbond substituents is 1. The second-order valence-electron chi connectivity index (χ2n) is 3.01. The molecular weight excluding hydrogens is 240 g/mol. The van der Waals surface area contributed by atoms with Crippen molar-refractivity contribution in [3.05, 3.63) is 16.7 Å². The molecular formula is C8H11ClN2O3S. The van der Waals surface area contributed by atoms with Gasteiger partial charge in [0.05, 0.1) is 10.7 Å². The zero-order valence-electron chi connectivity index (χ0n) is 7.99. The van der Waals surface area contributed by atoms with Crippen LogP contribution in [0.1, 0.15) is 12.5 Å². The van der Waals surface area contributed by atoms with Gasteiger partial charge in [0.15, 0.2) is 5.75 Å². The number of hydrogen-bond donors (Lipinski definition) is 3. The minimum atomic E-state index is -4.07. The van der Waals surface area contributed by atoms with E-state index in [-0.39, 0.29) is 10.7 Å². The molecule has 0 aromatic heterocycles. The van der Waals surface area contributed by atoms with E-state index in [2.05, 4.69) is 0 Å². The third kappa shape index (κ3) is 2.17. The molecule has 1 rings (SSSR count). The number of hydrogen-bond acceptors (Lipinski definition) is 4. The number of anilines is 1. The maximum atomic E-state index is 11.1. The Labute approximate surface area is 92.7 Å². The van der Waals surface area contributed by atoms with E-state index < -0.39 is 20.7 Å². The highest BCUT2D eigenvalue weighted by Crippen LogP contribution is 2.37. The molecule has 0 fully saturated rings. The fourth-order valence-corrected chi connectivity index (χ4v) is 2.50. The van der Waals surface area contributed by atoms with Gasteiger partial charge in [-0.2, -0.15) is 0 Å². The quantitative estimate of drug-likeness (QED) is 0.534. The van der Waals surface area contributed by atoms with E-state index in [0.29, 0.717) is 12.0 Å². The molecule has 0 aliphatic rings. The molecule has 5 nitrogen and oxygen atoms in total. The lowest BCUT2D eigenvalue weighted by molar-refractivity contribution is 0.461. The second kappa shape index (κ2) is 3.88. The highest BCUT2D eigenvalue weighted by molar-refractivity contribution is 7.89. The SMILES string of the molecule is CCc1cc(Cl)c(S(N)(=O)=O)c(O)c1N. The molecule has 0 aliphatic heterocycles. The zero-order chi connectivity index (χ0) is 11.8. The summed E-state index contributed by atoms with van der Waals surface area (Å²) < 4.78 is 22.2. The maximum absolute atomic E-state index is 11.1. The number of rotatable bonds is 2. The molecule has 1 aromatic carbocycles. The number of halogens is 1. The number of nitrogens with two attached hydrogens (primary N) is 2. The standard InChI is InChI=1S/C8H11ClN2O3S/c1-2-4-3-5(9)8(15(11,13)14)7(12)6(4)10/h3,12H,2,10H2,1H3,(H2,11,13,14). The van der Waals surface area contributed by atoms with E-state index in [1.807, 2.05) is 0 Å². The molecule has 0 amide bonds. The fourth-order valence-electron chi connectivity index (χ4n) is 1.25. The average molecular weight is 251 g/mol. The van der Waals surface area contributed by atoms with Crippen molar-refractivity contribution in [3.63, 3.8) is 0 Å². The fraction of sp³-hybridized carbons (Fsp3) is 0.250. The van der Waals surface area contributed by atoms with E-state index in [0.717, 1.165) is 0 Å². The van der Waals surface area contributed by atoms with Crippen molar-refractivity contribution in [2.45, 2.75) is 18.2 Å². The molecule has 0 unspecified atom stereocenters. The Hall–Kier alpha value is -0.980. The van der Waals surface area contributed by atoms with Crippen LogP contribution in [0.15, 0.2) is 11.0 Å². The van der Waals surface area contributed by atoms with Crippen molar-refractivity contribution in [2.24, 2.45) is 5.14 Å². The average Bonchev–Trinajstić information content (AvgIpc) is 2.09. The first-order chi connectivity index (χ1) is 6.79. The van der Waals surface area contributed by atoms with Crippen LogP contribution in [0.5, 0.6) is 5.75 Å². The number of aryl methyl sites for hydroxylation is 1. The van der Waals surface area contributed by atoms with Crippen LogP contribution in [0.2, 0.25) is 5.02 Å². The van der Waals surface area contributed by atoms with Crippen molar-refractivity contribution in [1.29, 1.82) is 0 Å². The molecule has 0 spiro atoms. The molecule has 0 heterocycles. The van der Waals surface area contributed by atoms with Crippen molar-refractivity contribution in [1.82, 2.24) is 0 Å². The lowest BCUT2D eigenvalue weighted by Crippen LogP contribution is -2.14. The number of phenols is 1. The first-order valence-corrected chi connectivity index (χ1v) is 6.04. The van der Waals surface area contributed by atoms with Crippen molar-refractivity contribution in [2.75, 3.05) is 5.73 Å². The Kier molecular flexibility index (Phi) is 3.13. The van der Waals surface area contributed by atoms with Crippen LogP contribution >= 0.6 is 11.6 Å². The summed E-state index contributed by atoms with van der Waals surface area (Å²) in [5.41, 5.74) is 6.10. The van der Waals surface area contributed by atoms with E-state index in [1.165, 1.54) is 6.07 Å². The highest BCUT2D eigenvalue weighted by atomic mass is 35.5. The summed E-state index contributed by atoms with van der Waals surface area (Å²) in [5.74, 6) is -0.582.